The third kappa shape index (κ3) is 5.87. The van der Waals surface area contributed by atoms with Crippen LogP contribution < -0.4 is 4.74 Å². The second-order valence-corrected chi connectivity index (χ2v) is 7.18. The maximum Gasteiger partial charge on any atom is 0.246 e. The Labute approximate surface area is 151 Å². The molecule has 5 heteroatoms. The summed E-state index contributed by atoms with van der Waals surface area (Å²) in [6.07, 6.45) is 3.79. The molecule has 1 aliphatic rings. The molecule has 1 aliphatic heterocycles. The topological polar surface area (TPSA) is 36.0 Å². The molecule has 138 valence electrons. The molecule has 0 spiro atoms. The van der Waals surface area contributed by atoms with Crippen molar-refractivity contribution >= 4 is 5.91 Å². The third-order valence-electron chi connectivity index (χ3n) is 4.33. The summed E-state index contributed by atoms with van der Waals surface area (Å²) in [7, 11) is 6.10. The monoisotopic (exact) mass is 345 g/mol. The molecule has 0 aliphatic carbocycles. The van der Waals surface area contributed by atoms with Gasteiger partial charge >= 0.3 is 0 Å². The Morgan fingerprint density at radius 2 is 1.96 bits per heavy atom. The van der Waals surface area contributed by atoms with Gasteiger partial charge in [-0.25, -0.2) is 0 Å². The lowest BCUT2D eigenvalue weighted by molar-refractivity contribution is -0.128. The first-order chi connectivity index (χ1) is 11.9. The van der Waals surface area contributed by atoms with Crippen molar-refractivity contribution in [1.82, 2.24) is 14.7 Å². The molecule has 0 N–H and O–H groups in total. The van der Waals surface area contributed by atoms with Crippen molar-refractivity contribution in [3.63, 3.8) is 0 Å². The molecule has 25 heavy (non-hydrogen) atoms. The summed E-state index contributed by atoms with van der Waals surface area (Å²) in [6, 6.07) is 8.46. The number of carbonyl (C=O) groups excluding carboxylic acids is 1. The molecule has 1 unspecified atom stereocenters. The quantitative estimate of drug-likeness (QED) is 0.742. The van der Waals surface area contributed by atoms with E-state index in [9.17, 15) is 4.79 Å². The van der Waals surface area contributed by atoms with Crippen LogP contribution >= 0.6 is 0 Å². The zero-order valence-electron chi connectivity index (χ0n) is 16.1. The first-order valence-corrected chi connectivity index (χ1v) is 8.94. The number of benzene rings is 1. The number of hydrogen-bond donors (Lipinski definition) is 0. The summed E-state index contributed by atoms with van der Waals surface area (Å²) in [5.74, 6) is 0.983. The third-order valence-corrected chi connectivity index (χ3v) is 4.33. The normalized spacial score (nSPS) is 19.2. The van der Waals surface area contributed by atoms with Crippen LogP contribution in [0.3, 0.4) is 0 Å². The standard InChI is InChI=1S/C20H31N3O2/c1-16(2)25-18-10-8-17(9-11-18)19-15-23(14-13-22(19)5)20(24)7-6-12-21(3)4/h6-11,16,19H,12-15H2,1-5H3/b7-6+. The zero-order chi connectivity index (χ0) is 18.4. The lowest BCUT2D eigenvalue weighted by Crippen LogP contribution is -2.48. The largest absolute Gasteiger partial charge is 0.491 e. The number of likely N-dealkylation sites (N-methyl/N-ethyl adjacent to an activating group) is 2. The SMILES string of the molecule is CC(C)Oc1ccc(C2CN(C(=O)/C=C/CN(C)C)CCN2C)cc1. The predicted molar refractivity (Wildman–Crippen MR) is 102 cm³/mol. The number of rotatable bonds is 6. The fraction of sp³-hybridized carbons (Fsp3) is 0.550. The van der Waals surface area contributed by atoms with E-state index < -0.39 is 0 Å². The summed E-state index contributed by atoms with van der Waals surface area (Å²) in [5.41, 5.74) is 1.22. The summed E-state index contributed by atoms with van der Waals surface area (Å²) in [4.78, 5) is 18.7. The van der Waals surface area contributed by atoms with Crippen LogP contribution in [-0.2, 0) is 4.79 Å². The Kier molecular flexibility index (Phi) is 7.02. The maximum absolute atomic E-state index is 12.4. The van der Waals surface area contributed by atoms with Gasteiger partial charge in [-0.2, -0.15) is 0 Å². The summed E-state index contributed by atoms with van der Waals surface area (Å²) in [5, 5.41) is 0. The Morgan fingerprint density at radius 1 is 1.28 bits per heavy atom. The van der Waals surface area contributed by atoms with Crippen molar-refractivity contribution < 1.29 is 9.53 Å². The lowest BCUT2D eigenvalue weighted by atomic mass is 10.0. The molecule has 0 aromatic heterocycles. The van der Waals surface area contributed by atoms with Crippen molar-refractivity contribution in [2.24, 2.45) is 0 Å². The molecule has 1 heterocycles. The number of ether oxygens (including phenoxy) is 1. The van der Waals surface area contributed by atoms with Gasteiger partial charge in [-0.15, -0.1) is 0 Å². The van der Waals surface area contributed by atoms with E-state index in [1.165, 1.54) is 5.56 Å². The fourth-order valence-corrected chi connectivity index (χ4v) is 2.94. The van der Waals surface area contributed by atoms with Crippen molar-refractivity contribution in [3.05, 3.63) is 42.0 Å². The Hall–Kier alpha value is -1.85. The second-order valence-electron chi connectivity index (χ2n) is 7.18. The minimum atomic E-state index is 0.0970. The van der Waals surface area contributed by atoms with Crippen molar-refractivity contribution in [1.29, 1.82) is 0 Å². The average Bonchev–Trinajstić information content (AvgIpc) is 2.55. The van der Waals surface area contributed by atoms with Crippen molar-refractivity contribution in [2.45, 2.75) is 26.0 Å². The first kappa shape index (κ1) is 19.5. The molecule has 1 aromatic rings. The van der Waals surface area contributed by atoms with Crippen molar-refractivity contribution in [3.8, 4) is 5.75 Å². The summed E-state index contributed by atoms with van der Waals surface area (Å²) >= 11 is 0. The number of hydrogen-bond acceptors (Lipinski definition) is 4. The fourth-order valence-electron chi connectivity index (χ4n) is 2.94. The van der Waals surface area contributed by atoms with E-state index in [4.69, 9.17) is 4.74 Å². The molecule has 0 bridgehead atoms. The van der Waals surface area contributed by atoms with E-state index >= 15 is 0 Å². The molecule has 1 saturated heterocycles. The van der Waals surface area contributed by atoms with Gasteiger partial charge in [0.25, 0.3) is 0 Å². The molecular formula is C20H31N3O2. The molecule has 1 amide bonds. The highest BCUT2D eigenvalue weighted by Gasteiger charge is 2.27. The Bertz CT molecular complexity index is 581. The van der Waals surface area contributed by atoms with Gasteiger partial charge in [0.15, 0.2) is 0 Å². The van der Waals surface area contributed by atoms with E-state index in [1.54, 1.807) is 6.08 Å². The van der Waals surface area contributed by atoms with Crippen LogP contribution in [0, 0.1) is 0 Å². The van der Waals surface area contributed by atoms with E-state index in [1.807, 2.05) is 56.0 Å². The van der Waals surface area contributed by atoms with E-state index in [2.05, 4.69) is 24.1 Å². The Morgan fingerprint density at radius 3 is 2.56 bits per heavy atom. The van der Waals surface area contributed by atoms with E-state index in [0.29, 0.717) is 6.54 Å². The van der Waals surface area contributed by atoms with Gasteiger partial charge in [0.05, 0.1) is 12.1 Å². The van der Waals surface area contributed by atoms with Crippen molar-refractivity contribution in [2.75, 3.05) is 47.3 Å². The molecule has 1 atom stereocenters. The van der Waals surface area contributed by atoms with Crippen LogP contribution in [0.2, 0.25) is 0 Å². The molecule has 1 aromatic carbocycles. The van der Waals surface area contributed by atoms with Gasteiger partial charge in [-0.3, -0.25) is 9.69 Å². The zero-order valence-corrected chi connectivity index (χ0v) is 16.1. The number of nitrogens with zero attached hydrogens (tertiary/aromatic N) is 3. The van der Waals surface area contributed by atoms with Gasteiger partial charge < -0.3 is 14.5 Å². The van der Waals surface area contributed by atoms with Gasteiger partial charge in [0, 0.05) is 32.3 Å². The van der Waals surface area contributed by atoms with E-state index in [0.717, 1.165) is 25.4 Å². The highest BCUT2D eigenvalue weighted by atomic mass is 16.5. The minimum absolute atomic E-state index is 0.0970. The maximum atomic E-state index is 12.4. The number of amides is 1. The smallest absolute Gasteiger partial charge is 0.246 e. The van der Waals surface area contributed by atoms with Crippen LogP contribution in [-0.4, -0.2) is 74.0 Å². The second kappa shape index (κ2) is 9.02. The van der Waals surface area contributed by atoms with Gasteiger partial charge in [0.2, 0.25) is 5.91 Å². The van der Waals surface area contributed by atoms with Gasteiger partial charge in [-0.05, 0) is 52.7 Å². The lowest BCUT2D eigenvalue weighted by Gasteiger charge is -2.39. The summed E-state index contributed by atoms with van der Waals surface area (Å²) < 4.78 is 5.72. The number of piperazine rings is 1. The molecule has 2 rings (SSSR count). The average molecular weight is 345 g/mol. The van der Waals surface area contributed by atoms with Gasteiger partial charge in [0.1, 0.15) is 5.75 Å². The highest BCUT2D eigenvalue weighted by molar-refractivity contribution is 5.87. The molecule has 1 fully saturated rings. The van der Waals surface area contributed by atoms with Crippen LogP contribution in [0.15, 0.2) is 36.4 Å². The van der Waals surface area contributed by atoms with Crippen LogP contribution in [0.25, 0.3) is 0 Å². The van der Waals surface area contributed by atoms with Gasteiger partial charge in [-0.1, -0.05) is 18.2 Å². The summed E-state index contributed by atoms with van der Waals surface area (Å²) in [6.45, 7) is 7.19. The molecule has 0 saturated carbocycles. The van der Waals surface area contributed by atoms with Crippen LogP contribution in [0.1, 0.15) is 25.5 Å². The molecule has 5 nitrogen and oxygen atoms in total. The first-order valence-electron chi connectivity index (χ1n) is 8.94. The van der Waals surface area contributed by atoms with Crippen LogP contribution in [0.5, 0.6) is 5.75 Å². The number of carbonyl (C=O) groups is 1. The molecule has 0 radical (unpaired) electrons. The molecular weight excluding hydrogens is 314 g/mol. The predicted octanol–water partition coefficient (Wildman–Crippen LogP) is 2.41. The highest BCUT2D eigenvalue weighted by Crippen LogP contribution is 2.26. The van der Waals surface area contributed by atoms with Crippen LogP contribution in [0.4, 0.5) is 0 Å². The van der Waals surface area contributed by atoms with E-state index in [-0.39, 0.29) is 18.1 Å². The minimum Gasteiger partial charge on any atom is -0.491 e. The Balaban J connectivity index is 2.02.